The van der Waals surface area contributed by atoms with Crippen LogP contribution >= 0.6 is 11.6 Å². The van der Waals surface area contributed by atoms with Crippen molar-refractivity contribution < 1.29 is 14.3 Å². The van der Waals surface area contributed by atoms with Gasteiger partial charge in [-0.3, -0.25) is 14.3 Å². The van der Waals surface area contributed by atoms with Gasteiger partial charge in [0.25, 0.3) is 5.91 Å². The van der Waals surface area contributed by atoms with Gasteiger partial charge in [-0.2, -0.15) is 5.10 Å². The number of amides is 1. The molecule has 0 saturated heterocycles. The molecule has 1 aromatic carbocycles. The van der Waals surface area contributed by atoms with E-state index in [-0.39, 0.29) is 18.9 Å². The van der Waals surface area contributed by atoms with Gasteiger partial charge in [-0.05, 0) is 43.5 Å². The molecule has 0 saturated carbocycles. The fourth-order valence-electron chi connectivity index (χ4n) is 2.52. The van der Waals surface area contributed by atoms with Gasteiger partial charge in [-0.25, -0.2) is 0 Å². The summed E-state index contributed by atoms with van der Waals surface area (Å²) in [4.78, 5) is 23.6. The third-order valence-corrected chi connectivity index (χ3v) is 4.22. The number of ether oxygens (including phenoxy) is 1. The maximum absolute atomic E-state index is 11.8. The molecule has 0 aliphatic rings. The lowest BCUT2D eigenvalue weighted by Crippen LogP contribution is -2.28. The van der Waals surface area contributed by atoms with E-state index < -0.39 is 5.97 Å². The summed E-state index contributed by atoms with van der Waals surface area (Å²) in [5.41, 5.74) is 3.87. The zero-order chi connectivity index (χ0) is 18.4. The molecule has 134 valence electrons. The fourth-order valence-corrected chi connectivity index (χ4v) is 2.74. The Morgan fingerprint density at radius 1 is 1.32 bits per heavy atom. The maximum atomic E-state index is 11.8. The van der Waals surface area contributed by atoms with Crippen LogP contribution in [0.5, 0.6) is 0 Å². The number of rotatable bonds is 7. The summed E-state index contributed by atoms with van der Waals surface area (Å²) in [7, 11) is 1.87. The highest BCUT2D eigenvalue weighted by Crippen LogP contribution is 2.14. The van der Waals surface area contributed by atoms with Crippen LogP contribution in [0, 0.1) is 13.8 Å². The monoisotopic (exact) mass is 363 g/mol. The molecule has 0 aliphatic heterocycles. The Kier molecular flexibility index (Phi) is 6.58. The molecule has 0 radical (unpaired) electrons. The molecule has 1 heterocycles. The number of carbonyl (C=O) groups is 2. The SMILES string of the molecule is Cc1nn(C)c(C)c1CCC(=O)OCC(=O)NCc1cccc(Cl)c1. The zero-order valence-corrected chi connectivity index (χ0v) is 15.4. The Morgan fingerprint density at radius 2 is 2.08 bits per heavy atom. The second kappa shape index (κ2) is 8.67. The van der Waals surface area contributed by atoms with Crippen molar-refractivity contribution in [2.75, 3.05) is 6.61 Å². The Hall–Kier alpha value is -2.34. The molecular weight excluding hydrogens is 342 g/mol. The number of aromatic nitrogens is 2. The van der Waals surface area contributed by atoms with Crippen molar-refractivity contribution in [1.82, 2.24) is 15.1 Å². The normalized spacial score (nSPS) is 10.6. The Bertz CT molecular complexity index is 771. The summed E-state index contributed by atoms with van der Waals surface area (Å²) in [5.74, 6) is -0.748. The van der Waals surface area contributed by atoms with Gasteiger partial charge in [0.1, 0.15) is 0 Å². The van der Waals surface area contributed by atoms with Crippen LogP contribution < -0.4 is 5.32 Å². The van der Waals surface area contributed by atoms with Gasteiger partial charge in [-0.1, -0.05) is 23.7 Å². The fraction of sp³-hybridized carbons (Fsp3) is 0.389. The van der Waals surface area contributed by atoms with Gasteiger partial charge < -0.3 is 10.1 Å². The van der Waals surface area contributed by atoms with Crippen LogP contribution in [0.3, 0.4) is 0 Å². The predicted molar refractivity (Wildman–Crippen MR) is 95.3 cm³/mol. The third-order valence-electron chi connectivity index (χ3n) is 3.98. The average Bonchev–Trinajstić information content (AvgIpc) is 2.81. The summed E-state index contributed by atoms with van der Waals surface area (Å²) in [6.07, 6.45) is 0.767. The number of benzene rings is 1. The van der Waals surface area contributed by atoms with Crippen LogP contribution in [0.2, 0.25) is 5.02 Å². The van der Waals surface area contributed by atoms with E-state index in [0.29, 0.717) is 18.0 Å². The first-order valence-corrected chi connectivity index (χ1v) is 8.40. The topological polar surface area (TPSA) is 73.2 Å². The van der Waals surface area contributed by atoms with E-state index in [9.17, 15) is 9.59 Å². The van der Waals surface area contributed by atoms with E-state index in [2.05, 4.69) is 10.4 Å². The van der Waals surface area contributed by atoms with Gasteiger partial charge in [0.2, 0.25) is 0 Å². The molecule has 1 aromatic heterocycles. The Balaban J connectivity index is 1.71. The first kappa shape index (κ1) is 19.0. The van der Waals surface area contributed by atoms with Crippen LogP contribution in [0.4, 0.5) is 0 Å². The molecular formula is C18H22ClN3O3. The average molecular weight is 364 g/mol. The van der Waals surface area contributed by atoms with Crippen LogP contribution in [0.1, 0.15) is 28.9 Å². The Morgan fingerprint density at radius 3 is 2.72 bits per heavy atom. The highest BCUT2D eigenvalue weighted by Gasteiger charge is 2.13. The van der Waals surface area contributed by atoms with Gasteiger partial charge in [0.15, 0.2) is 6.61 Å². The van der Waals surface area contributed by atoms with E-state index >= 15 is 0 Å². The quantitative estimate of drug-likeness (QED) is 0.767. The second-order valence-corrected chi connectivity index (χ2v) is 6.28. The van der Waals surface area contributed by atoms with Crippen molar-refractivity contribution in [3.63, 3.8) is 0 Å². The van der Waals surface area contributed by atoms with Gasteiger partial charge >= 0.3 is 5.97 Å². The number of esters is 1. The van der Waals surface area contributed by atoms with Crippen molar-refractivity contribution >= 4 is 23.5 Å². The number of nitrogens with one attached hydrogen (secondary N) is 1. The lowest BCUT2D eigenvalue weighted by Gasteiger charge is -2.07. The minimum atomic E-state index is -0.402. The molecule has 1 N–H and O–H groups in total. The van der Waals surface area contributed by atoms with Crippen LogP contribution in [-0.2, 0) is 34.3 Å². The molecule has 0 unspecified atom stereocenters. The molecule has 25 heavy (non-hydrogen) atoms. The first-order valence-electron chi connectivity index (χ1n) is 8.02. The summed E-state index contributed by atoms with van der Waals surface area (Å²) in [6.45, 7) is 3.93. The van der Waals surface area contributed by atoms with Crippen molar-refractivity contribution in [1.29, 1.82) is 0 Å². The van der Waals surface area contributed by atoms with Crippen LogP contribution in [-0.4, -0.2) is 28.3 Å². The molecule has 2 rings (SSSR count). The second-order valence-electron chi connectivity index (χ2n) is 5.84. The number of hydrogen-bond acceptors (Lipinski definition) is 4. The predicted octanol–water partition coefficient (Wildman–Crippen LogP) is 2.48. The first-order chi connectivity index (χ1) is 11.9. The number of carbonyl (C=O) groups excluding carboxylic acids is 2. The van der Waals surface area contributed by atoms with Crippen LogP contribution in [0.15, 0.2) is 24.3 Å². The van der Waals surface area contributed by atoms with Crippen molar-refractivity contribution in [2.45, 2.75) is 33.2 Å². The Labute approximate surface area is 152 Å². The molecule has 1 amide bonds. The van der Waals surface area contributed by atoms with E-state index in [4.69, 9.17) is 16.3 Å². The highest BCUT2D eigenvalue weighted by molar-refractivity contribution is 6.30. The molecule has 0 aliphatic carbocycles. The van der Waals surface area contributed by atoms with E-state index in [1.54, 1.807) is 16.8 Å². The number of halogens is 1. The van der Waals surface area contributed by atoms with Crippen LogP contribution in [0.25, 0.3) is 0 Å². The number of hydrogen-bond donors (Lipinski definition) is 1. The highest BCUT2D eigenvalue weighted by atomic mass is 35.5. The van der Waals surface area contributed by atoms with E-state index in [1.165, 1.54) is 0 Å². The lowest BCUT2D eigenvalue weighted by atomic mass is 10.1. The summed E-state index contributed by atoms with van der Waals surface area (Å²) < 4.78 is 6.81. The summed E-state index contributed by atoms with van der Waals surface area (Å²) in [6, 6.07) is 7.20. The number of aryl methyl sites for hydroxylation is 2. The van der Waals surface area contributed by atoms with E-state index in [0.717, 1.165) is 22.5 Å². The maximum Gasteiger partial charge on any atom is 0.306 e. The molecule has 7 heteroatoms. The lowest BCUT2D eigenvalue weighted by molar-refractivity contribution is -0.148. The van der Waals surface area contributed by atoms with Gasteiger partial charge in [0, 0.05) is 30.7 Å². The molecule has 2 aromatic rings. The minimum absolute atomic E-state index is 0.217. The molecule has 0 fully saturated rings. The molecule has 0 bridgehead atoms. The zero-order valence-electron chi connectivity index (χ0n) is 14.6. The molecule has 0 atom stereocenters. The molecule has 6 nitrogen and oxygen atoms in total. The smallest absolute Gasteiger partial charge is 0.306 e. The standard InChI is InChI=1S/C18H22ClN3O3/c1-12-16(13(2)22(3)21-12)7-8-18(24)25-11-17(23)20-10-14-5-4-6-15(19)9-14/h4-6,9H,7-8,10-11H2,1-3H3,(H,20,23). The summed E-state index contributed by atoms with van der Waals surface area (Å²) >= 11 is 5.88. The third kappa shape index (κ3) is 5.60. The van der Waals surface area contributed by atoms with Gasteiger partial charge in [0.05, 0.1) is 5.69 Å². The van der Waals surface area contributed by atoms with E-state index in [1.807, 2.05) is 33.0 Å². The number of nitrogens with zero attached hydrogens (tertiary/aromatic N) is 2. The molecule has 0 spiro atoms. The largest absolute Gasteiger partial charge is 0.456 e. The van der Waals surface area contributed by atoms with Crippen molar-refractivity contribution in [2.24, 2.45) is 7.05 Å². The van der Waals surface area contributed by atoms with Gasteiger partial charge in [-0.15, -0.1) is 0 Å². The van der Waals surface area contributed by atoms with Crippen molar-refractivity contribution in [3.8, 4) is 0 Å². The summed E-state index contributed by atoms with van der Waals surface area (Å²) in [5, 5.41) is 7.61. The van der Waals surface area contributed by atoms with Crippen molar-refractivity contribution in [3.05, 3.63) is 51.8 Å². The minimum Gasteiger partial charge on any atom is -0.456 e.